The van der Waals surface area contributed by atoms with Crippen molar-refractivity contribution in [2.75, 3.05) is 6.54 Å². The van der Waals surface area contributed by atoms with Gasteiger partial charge in [-0.25, -0.2) is 4.31 Å². The van der Waals surface area contributed by atoms with Gasteiger partial charge in [-0.3, -0.25) is 4.79 Å². The molecule has 5 heteroatoms. The van der Waals surface area contributed by atoms with Crippen molar-refractivity contribution in [1.29, 1.82) is 0 Å². The first-order chi connectivity index (χ1) is 13.7. The van der Waals surface area contributed by atoms with Crippen molar-refractivity contribution in [2.45, 2.75) is 24.3 Å². The summed E-state index contributed by atoms with van der Waals surface area (Å²) >= 11 is 1.87. The Kier molecular flexibility index (Phi) is 5.37. The van der Waals surface area contributed by atoms with Crippen LogP contribution in [0.25, 0.3) is 21.7 Å². The molecule has 1 aliphatic heterocycles. The third-order valence-electron chi connectivity index (χ3n) is 5.22. The molecule has 1 aliphatic rings. The number of para-hydroxylation sites is 1. The smallest absolute Gasteiger partial charge is 0.290 e. The van der Waals surface area contributed by atoms with Crippen LogP contribution in [0.5, 0.6) is 0 Å². The van der Waals surface area contributed by atoms with Crippen molar-refractivity contribution in [3.05, 3.63) is 78.0 Å². The summed E-state index contributed by atoms with van der Waals surface area (Å²) in [6, 6.07) is 24.4. The van der Waals surface area contributed by atoms with E-state index in [1.165, 1.54) is 37.8 Å². The van der Waals surface area contributed by atoms with Crippen LogP contribution in [0, 0.1) is 0 Å². The molecule has 0 radical (unpaired) electrons. The Balaban J connectivity index is 0.000000604. The Hall–Kier alpha value is -2.76. The van der Waals surface area contributed by atoms with Gasteiger partial charge >= 0.3 is 0 Å². The molecular formula is C23H22N2O2S. The van der Waals surface area contributed by atoms with Crippen LogP contribution in [0.15, 0.2) is 71.6 Å². The Bertz CT molecular complexity index is 1120. The lowest BCUT2D eigenvalue weighted by molar-refractivity contribution is -0.122. The van der Waals surface area contributed by atoms with Crippen LogP contribution in [0.1, 0.15) is 24.2 Å². The molecule has 1 atom stereocenters. The molecule has 0 saturated carbocycles. The summed E-state index contributed by atoms with van der Waals surface area (Å²) < 4.78 is 2.50. The predicted octanol–water partition coefficient (Wildman–Crippen LogP) is 5.65. The van der Waals surface area contributed by atoms with E-state index in [1.807, 2.05) is 11.9 Å². The summed E-state index contributed by atoms with van der Waals surface area (Å²) in [5, 5.41) is 10.9. The van der Waals surface area contributed by atoms with Gasteiger partial charge in [0.15, 0.2) is 0 Å². The topological polar surface area (TPSA) is 56.3 Å². The highest BCUT2D eigenvalue weighted by molar-refractivity contribution is 7.97. The maximum Gasteiger partial charge on any atom is 0.290 e. The molecule has 5 rings (SSSR count). The van der Waals surface area contributed by atoms with Crippen LogP contribution in [-0.2, 0) is 11.2 Å². The highest BCUT2D eigenvalue weighted by atomic mass is 32.2. The molecule has 4 aromatic rings. The fourth-order valence-electron chi connectivity index (χ4n) is 3.89. The molecule has 3 aromatic carbocycles. The van der Waals surface area contributed by atoms with Crippen molar-refractivity contribution >= 4 is 40.1 Å². The van der Waals surface area contributed by atoms with Gasteiger partial charge < -0.3 is 10.1 Å². The Morgan fingerprint density at radius 3 is 2.61 bits per heavy atom. The van der Waals surface area contributed by atoms with Gasteiger partial charge in [0.05, 0.1) is 6.04 Å². The van der Waals surface area contributed by atoms with Crippen LogP contribution in [0.3, 0.4) is 0 Å². The molecule has 0 saturated heterocycles. The van der Waals surface area contributed by atoms with E-state index in [4.69, 9.17) is 9.90 Å². The maximum atomic E-state index is 8.36. The molecule has 4 nitrogen and oxygen atoms in total. The fourth-order valence-corrected chi connectivity index (χ4v) is 4.92. The first kappa shape index (κ1) is 18.6. The number of benzene rings is 3. The van der Waals surface area contributed by atoms with E-state index in [9.17, 15) is 0 Å². The highest BCUT2D eigenvalue weighted by Gasteiger charge is 2.27. The Morgan fingerprint density at radius 2 is 1.79 bits per heavy atom. The minimum Gasteiger partial charge on any atom is -0.483 e. The molecule has 0 aliphatic carbocycles. The first-order valence-corrected chi connectivity index (χ1v) is 10.1. The summed E-state index contributed by atoms with van der Waals surface area (Å²) in [6.45, 7) is 3.13. The summed E-state index contributed by atoms with van der Waals surface area (Å²) in [6.07, 6.45) is 1.10. The third-order valence-corrected chi connectivity index (χ3v) is 6.42. The van der Waals surface area contributed by atoms with Crippen molar-refractivity contribution in [3.63, 3.8) is 0 Å². The fraction of sp³-hybridized carbons (Fsp3) is 0.174. The van der Waals surface area contributed by atoms with E-state index in [2.05, 4.69) is 82.9 Å². The average molecular weight is 391 g/mol. The van der Waals surface area contributed by atoms with Crippen molar-refractivity contribution < 1.29 is 9.90 Å². The van der Waals surface area contributed by atoms with Crippen LogP contribution in [-0.4, -0.2) is 27.4 Å². The average Bonchev–Trinajstić information content (AvgIpc) is 3.10. The third kappa shape index (κ3) is 3.51. The van der Waals surface area contributed by atoms with E-state index in [0.29, 0.717) is 6.04 Å². The number of rotatable bonds is 2. The number of carboxylic acid groups (broad SMARTS) is 1. The van der Waals surface area contributed by atoms with Crippen molar-refractivity contribution in [3.8, 4) is 0 Å². The molecule has 2 heterocycles. The number of nitrogens with one attached hydrogen (secondary N) is 1. The zero-order valence-electron chi connectivity index (χ0n) is 15.6. The molecule has 2 N–H and O–H groups in total. The van der Waals surface area contributed by atoms with Crippen LogP contribution in [0.2, 0.25) is 0 Å². The van der Waals surface area contributed by atoms with Crippen LogP contribution in [0.4, 0.5) is 0 Å². The van der Waals surface area contributed by atoms with Crippen LogP contribution < -0.4 is 0 Å². The monoisotopic (exact) mass is 390 g/mol. The molecular weight excluding hydrogens is 368 g/mol. The van der Waals surface area contributed by atoms with Gasteiger partial charge in [0, 0.05) is 28.0 Å². The van der Waals surface area contributed by atoms with Gasteiger partial charge in [0.25, 0.3) is 6.47 Å². The molecule has 1 unspecified atom stereocenters. The second kappa shape index (κ2) is 8.09. The van der Waals surface area contributed by atoms with Crippen molar-refractivity contribution in [2.24, 2.45) is 0 Å². The number of H-pyrrole nitrogens is 1. The minimum absolute atomic E-state index is 0.250. The molecule has 0 fully saturated rings. The number of aromatic amines is 1. The Morgan fingerprint density at radius 1 is 1.07 bits per heavy atom. The lowest BCUT2D eigenvalue weighted by Gasteiger charge is -2.32. The number of carbonyl (C=O) groups is 1. The maximum absolute atomic E-state index is 8.36. The highest BCUT2D eigenvalue weighted by Crippen LogP contribution is 2.40. The molecule has 0 spiro atoms. The summed E-state index contributed by atoms with van der Waals surface area (Å²) in [4.78, 5) is 13.3. The van der Waals surface area contributed by atoms with E-state index in [0.717, 1.165) is 13.0 Å². The zero-order chi connectivity index (χ0) is 19.5. The first-order valence-electron chi connectivity index (χ1n) is 9.32. The molecule has 0 amide bonds. The standard InChI is InChI=1S/C22H20N2S.CH2O2/c1-15-22-20(19-8-4-5-9-21(19)23-22)12-13-24(15)25-18-11-10-16-6-2-3-7-17(16)14-18;2-1-3/h2-11,14-15,23H,12-13H2,1H3;1H,(H,2,3). The number of nitrogens with zero attached hydrogens (tertiary/aromatic N) is 1. The van der Waals surface area contributed by atoms with Crippen LogP contribution >= 0.6 is 11.9 Å². The van der Waals surface area contributed by atoms with Gasteiger partial charge in [-0.2, -0.15) is 0 Å². The number of fused-ring (bicyclic) bond motifs is 4. The summed E-state index contributed by atoms with van der Waals surface area (Å²) in [7, 11) is 0. The number of aromatic nitrogens is 1. The minimum atomic E-state index is -0.250. The van der Waals surface area contributed by atoms with Gasteiger partial charge in [0.1, 0.15) is 0 Å². The number of hydrogen-bond acceptors (Lipinski definition) is 3. The second-order valence-corrected chi connectivity index (χ2v) is 7.96. The van der Waals surface area contributed by atoms with E-state index >= 15 is 0 Å². The van der Waals surface area contributed by atoms with E-state index in [-0.39, 0.29) is 6.47 Å². The largest absolute Gasteiger partial charge is 0.483 e. The predicted molar refractivity (Wildman–Crippen MR) is 116 cm³/mol. The van der Waals surface area contributed by atoms with Gasteiger partial charge in [-0.1, -0.05) is 48.5 Å². The lowest BCUT2D eigenvalue weighted by atomic mass is 10.0. The lowest BCUT2D eigenvalue weighted by Crippen LogP contribution is -2.28. The molecule has 1 aromatic heterocycles. The quantitative estimate of drug-likeness (QED) is 0.343. The second-order valence-electron chi connectivity index (χ2n) is 6.84. The van der Waals surface area contributed by atoms with Crippen molar-refractivity contribution in [1.82, 2.24) is 9.29 Å². The Labute approximate surface area is 168 Å². The SMILES string of the molecule is CC1c2[nH]c3ccccc3c2CCN1Sc1ccc2ccccc2c1.O=CO. The zero-order valence-corrected chi connectivity index (χ0v) is 16.4. The van der Waals surface area contributed by atoms with Gasteiger partial charge in [-0.05, 0) is 59.8 Å². The molecule has 0 bridgehead atoms. The summed E-state index contributed by atoms with van der Waals surface area (Å²) in [5.41, 5.74) is 4.14. The molecule has 142 valence electrons. The number of hydrogen-bond donors (Lipinski definition) is 2. The normalized spacial score (nSPS) is 16.4. The molecule has 28 heavy (non-hydrogen) atoms. The van der Waals surface area contributed by atoms with E-state index < -0.39 is 0 Å². The van der Waals surface area contributed by atoms with Gasteiger partial charge in [-0.15, -0.1) is 0 Å². The summed E-state index contributed by atoms with van der Waals surface area (Å²) in [5.74, 6) is 0. The van der Waals surface area contributed by atoms with E-state index in [1.54, 1.807) is 0 Å². The van der Waals surface area contributed by atoms with Gasteiger partial charge in [0.2, 0.25) is 0 Å².